The van der Waals surface area contributed by atoms with E-state index in [4.69, 9.17) is 16.3 Å². The van der Waals surface area contributed by atoms with E-state index in [2.05, 4.69) is 20.8 Å². The van der Waals surface area contributed by atoms with Crippen LogP contribution in [0.5, 0.6) is 0 Å². The van der Waals surface area contributed by atoms with Crippen molar-refractivity contribution in [1.82, 2.24) is 0 Å². The molecule has 2 heteroatoms. The standard InChI is InChI=1S/C12H17ClO/c1-12(2,3)9-14-8-10-6-4-5-7-11(10)13/h4-7H,8-9H2,1-3H3. The van der Waals surface area contributed by atoms with Crippen LogP contribution in [0.1, 0.15) is 26.3 Å². The summed E-state index contributed by atoms with van der Waals surface area (Å²) >= 11 is 5.99. The lowest BCUT2D eigenvalue weighted by molar-refractivity contribution is 0.0599. The number of rotatable bonds is 3. The summed E-state index contributed by atoms with van der Waals surface area (Å²) in [6.45, 7) is 7.80. The largest absolute Gasteiger partial charge is 0.376 e. The number of hydrogen-bond donors (Lipinski definition) is 0. The molecule has 0 aliphatic heterocycles. The Morgan fingerprint density at radius 1 is 1.21 bits per heavy atom. The van der Waals surface area contributed by atoms with Gasteiger partial charge in [-0.1, -0.05) is 50.6 Å². The van der Waals surface area contributed by atoms with Crippen LogP contribution in [0.4, 0.5) is 0 Å². The lowest BCUT2D eigenvalue weighted by Crippen LogP contribution is -2.14. The second kappa shape index (κ2) is 4.81. The van der Waals surface area contributed by atoms with Gasteiger partial charge >= 0.3 is 0 Å². The summed E-state index contributed by atoms with van der Waals surface area (Å²) in [5, 5.41) is 0.779. The van der Waals surface area contributed by atoms with E-state index in [9.17, 15) is 0 Å². The predicted octanol–water partition coefficient (Wildman–Crippen LogP) is 3.90. The maximum absolute atomic E-state index is 5.99. The number of benzene rings is 1. The first-order valence-electron chi connectivity index (χ1n) is 4.80. The van der Waals surface area contributed by atoms with Crippen LogP contribution in [0.15, 0.2) is 24.3 Å². The molecule has 0 unspecified atom stereocenters. The van der Waals surface area contributed by atoms with Crippen LogP contribution in [-0.2, 0) is 11.3 Å². The van der Waals surface area contributed by atoms with E-state index in [0.717, 1.165) is 17.2 Å². The Morgan fingerprint density at radius 2 is 1.86 bits per heavy atom. The normalized spacial score (nSPS) is 11.7. The summed E-state index contributed by atoms with van der Waals surface area (Å²) in [5.74, 6) is 0. The molecule has 0 atom stereocenters. The van der Waals surface area contributed by atoms with Gasteiger partial charge in [0, 0.05) is 5.02 Å². The monoisotopic (exact) mass is 212 g/mol. The molecule has 1 aromatic rings. The lowest BCUT2D eigenvalue weighted by Gasteiger charge is -2.18. The third-order valence-corrected chi connectivity index (χ3v) is 2.12. The minimum absolute atomic E-state index is 0.210. The number of ether oxygens (including phenoxy) is 1. The van der Waals surface area contributed by atoms with E-state index < -0.39 is 0 Å². The molecular weight excluding hydrogens is 196 g/mol. The van der Waals surface area contributed by atoms with Gasteiger partial charge in [0.25, 0.3) is 0 Å². The maximum Gasteiger partial charge on any atom is 0.0731 e. The summed E-state index contributed by atoms with van der Waals surface area (Å²) < 4.78 is 5.58. The van der Waals surface area contributed by atoms with E-state index >= 15 is 0 Å². The average molecular weight is 213 g/mol. The SMILES string of the molecule is CC(C)(C)COCc1ccccc1Cl. The highest BCUT2D eigenvalue weighted by molar-refractivity contribution is 6.31. The third-order valence-electron chi connectivity index (χ3n) is 1.75. The van der Waals surface area contributed by atoms with E-state index in [1.165, 1.54) is 0 Å². The second-order valence-corrected chi connectivity index (χ2v) is 5.05. The quantitative estimate of drug-likeness (QED) is 0.739. The van der Waals surface area contributed by atoms with Gasteiger partial charge in [0.05, 0.1) is 13.2 Å². The Balaban J connectivity index is 2.43. The minimum atomic E-state index is 0.210. The molecule has 14 heavy (non-hydrogen) atoms. The van der Waals surface area contributed by atoms with Crippen LogP contribution >= 0.6 is 11.6 Å². The summed E-state index contributed by atoms with van der Waals surface area (Å²) in [7, 11) is 0. The fourth-order valence-electron chi connectivity index (χ4n) is 1.08. The van der Waals surface area contributed by atoms with E-state index in [-0.39, 0.29) is 5.41 Å². The molecule has 0 amide bonds. The first-order valence-corrected chi connectivity index (χ1v) is 5.18. The molecule has 0 aliphatic carbocycles. The first kappa shape index (κ1) is 11.5. The van der Waals surface area contributed by atoms with Crippen molar-refractivity contribution in [2.24, 2.45) is 5.41 Å². The third kappa shape index (κ3) is 4.12. The van der Waals surface area contributed by atoms with Crippen molar-refractivity contribution in [1.29, 1.82) is 0 Å². The summed E-state index contributed by atoms with van der Waals surface area (Å²) in [4.78, 5) is 0. The van der Waals surface area contributed by atoms with Gasteiger partial charge in [-0.2, -0.15) is 0 Å². The molecule has 0 bridgehead atoms. The zero-order chi connectivity index (χ0) is 10.6. The van der Waals surface area contributed by atoms with Crippen LogP contribution in [0.3, 0.4) is 0 Å². The zero-order valence-corrected chi connectivity index (χ0v) is 9.77. The molecule has 78 valence electrons. The Labute approximate surface area is 91.0 Å². The highest BCUT2D eigenvalue weighted by atomic mass is 35.5. The van der Waals surface area contributed by atoms with Crippen molar-refractivity contribution in [2.45, 2.75) is 27.4 Å². The van der Waals surface area contributed by atoms with Gasteiger partial charge in [0.2, 0.25) is 0 Å². The van der Waals surface area contributed by atoms with Crippen molar-refractivity contribution in [2.75, 3.05) is 6.61 Å². The highest BCUT2D eigenvalue weighted by Gasteiger charge is 2.10. The smallest absolute Gasteiger partial charge is 0.0731 e. The number of hydrogen-bond acceptors (Lipinski definition) is 1. The van der Waals surface area contributed by atoms with Crippen LogP contribution < -0.4 is 0 Å². The average Bonchev–Trinajstić information content (AvgIpc) is 2.06. The lowest BCUT2D eigenvalue weighted by atomic mass is 9.99. The minimum Gasteiger partial charge on any atom is -0.376 e. The molecule has 1 nitrogen and oxygen atoms in total. The Morgan fingerprint density at radius 3 is 2.43 bits per heavy atom. The van der Waals surface area contributed by atoms with Crippen LogP contribution in [0.2, 0.25) is 5.02 Å². The van der Waals surface area contributed by atoms with Crippen LogP contribution in [-0.4, -0.2) is 6.61 Å². The molecule has 0 N–H and O–H groups in total. The fourth-order valence-corrected chi connectivity index (χ4v) is 1.27. The highest BCUT2D eigenvalue weighted by Crippen LogP contribution is 2.18. The molecule has 0 fully saturated rings. The Hall–Kier alpha value is -0.530. The van der Waals surface area contributed by atoms with E-state index in [1.54, 1.807) is 0 Å². The second-order valence-electron chi connectivity index (χ2n) is 4.64. The van der Waals surface area contributed by atoms with Gasteiger partial charge < -0.3 is 4.74 Å². The maximum atomic E-state index is 5.99. The van der Waals surface area contributed by atoms with Crippen molar-refractivity contribution >= 4 is 11.6 Å². The van der Waals surface area contributed by atoms with Gasteiger partial charge in [-0.25, -0.2) is 0 Å². The molecule has 0 saturated carbocycles. The molecule has 0 aliphatic rings. The van der Waals surface area contributed by atoms with Crippen molar-refractivity contribution in [3.8, 4) is 0 Å². The van der Waals surface area contributed by atoms with Gasteiger partial charge in [-0.05, 0) is 17.0 Å². The topological polar surface area (TPSA) is 9.23 Å². The number of halogens is 1. The summed E-state index contributed by atoms with van der Waals surface area (Å²) in [5.41, 5.74) is 1.26. The van der Waals surface area contributed by atoms with E-state index in [1.807, 2.05) is 24.3 Å². The van der Waals surface area contributed by atoms with Crippen molar-refractivity contribution < 1.29 is 4.74 Å². The summed E-state index contributed by atoms with van der Waals surface area (Å²) in [6, 6.07) is 7.78. The zero-order valence-electron chi connectivity index (χ0n) is 9.01. The first-order chi connectivity index (χ1) is 6.49. The van der Waals surface area contributed by atoms with Gasteiger partial charge in [0.15, 0.2) is 0 Å². The Bertz CT molecular complexity index is 289. The van der Waals surface area contributed by atoms with Crippen molar-refractivity contribution in [3.63, 3.8) is 0 Å². The molecule has 0 aromatic heterocycles. The van der Waals surface area contributed by atoms with Gasteiger partial charge in [0.1, 0.15) is 0 Å². The van der Waals surface area contributed by atoms with Crippen molar-refractivity contribution in [3.05, 3.63) is 34.9 Å². The van der Waals surface area contributed by atoms with Gasteiger partial charge in [-0.15, -0.1) is 0 Å². The molecular formula is C12H17ClO. The van der Waals surface area contributed by atoms with Gasteiger partial charge in [-0.3, -0.25) is 0 Å². The molecule has 0 spiro atoms. The predicted molar refractivity (Wildman–Crippen MR) is 60.6 cm³/mol. The van der Waals surface area contributed by atoms with E-state index in [0.29, 0.717) is 6.61 Å². The molecule has 0 saturated heterocycles. The molecule has 0 radical (unpaired) electrons. The van der Waals surface area contributed by atoms with Crippen LogP contribution in [0, 0.1) is 5.41 Å². The summed E-state index contributed by atoms with van der Waals surface area (Å²) in [6.07, 6.45) is 0. The fraction of sp³-hybridized carbons (Fsp3) is 0.500. The Kier molecular flexibility index (Phi) is 3.97. The van der Waals surface area contributed by atoms with Crippen LogP contribution in [0.25, 0.3) is 0 Å². The molecule has 0 heterocycles. The molecule has 1 rings (SSSR count). The molecule has 1 aromatic carbocycles.